The van der Waals surface area contributed by atoms with Gasteiger partial charge >= 0.3 is 0 Å². The van der Waals surface area contributed by atoms with Crippen LogP contribution in [0.3, 0.4) is 0 Å². The summed E-state index contributed by atoms with van der Waals surface area (Å²) < 4.78 is 0.926. The summed E-state index contributed by atoms with van der Waals surface area (Å²) in [6.45, 7) is 1.92. The number of carbonyl (C=O) groups is 1. The number of thiazole rings is 1. The number of hydrogen-bond donors (Lipinski definition) is 1. The lowest BCUT2D eigenvalue weighted by molar-refractivity contribution is 0.102. The molecule has 1 amide bonds. The molecule has 0 aliphatic rings. The fourth-order valence-corrected chi connectivity index (χ4v) is 3.89. The van der Waals surface area contributed by atoms with E-state index in [0.29, 0.717) is 27.2 Å². The zero-order valence-corrected chi connectivity index (χ0v) is 17.1. The highest BCUT2D eigenvalue weighted by Gasteiger charge is 2.13. The van der Waals surface area contributed by atoms with Gasteiger partial charge in [0.25, 0.3) is 5.91 Å². The number of halogens is 3. The second-order valence-corrected chi connectivity index (χ2v) is 8.24. The van der Waals surface area contributed by atoms with E-state index in [1.165, 1.54) is 11.3 Å². The Morgan fingerprint density at radius 2 is 1.92 bits per heavy atom. The highest BCUT2D eigenvalue weighted by Crippen LogP contribution is 2.29. The summed E-state index contributed by atoms with van der Waals surface area (Å²) in [4.78, 5) is 17.8. The second-order valence-electron chi connectivity index (χ2n) is 5.40. The van der Waals surface area contributed by atoms with Gasteiger partial charge in [-0.3, -0.25) is 10.1 Å². The number of carbonyl (C=O) groups excluding carboxylic acids is 1. The van der Waals surface area contributed by atoms with Crippen LogP contribution in [-0.2, 0) is 6.42 Å². The first-order chi connectivity index (χ1) is 11.9. The fourth-order valence-electron chi connectivity index (χ4n) is 2.27. The Morgan fingerprint density at radius 3 is 2.64 bits per heavy atom. The van der Waals surface area contributed by atoms with E-state index in [9.17, 15) is 4.79 Å². The van der Waals surface area contributed by atoms with Gasteiger partial charge in [-0.15, -0.1) is 11.3 Å². The maximum Gasteiger partial charge on any atom is 0.257 e. The Morgan fingerprint density at radius 1 is 1.20 bits per heavy atom. The molecular weight excluding hydrogens is 443 g/mol. The Kier molecular flexibility index (Phi) is 5.79. The maximum absolute atomic E-state index is 12.3. The normalized spacial score (nSPS) is 10.7. The number of aryl methyl sites for hydroxylation is 1. The molecule has 1 N–H and O–H groups in total. The lowest BCUT2D eigenvalue weighted by Gasteiger charge is -2.03. The van der Waals surface area contributed by atoms with Crippen molar-refractivity contribution in [2.24, 2.45) is 0 Å². The molecule has 0 saturated carbocycles. The number of hydrogen-bond acceptors (Lipinski definition) is 3. The van der Waals surface area contributed by atoms with Crippen molar-refractivity contribution in [2.75, 3.05) is 5.32 Å². The number of nitrogens with one attached hydrogen (secondary N) is 1. The summed E-state index contributed by atoms with van der Waals surface area (Å²) >= 11 is 17.1. The van der Waals surface area contributed by atoms with Crippen molar-refractivity contribution in [1.29, 1.82) is 0 Å². The molecular formula is C18H13BrCl2N2OS. The molecule has 1 aromatic heterocycles. The van der Waals surface area contributed by atoms with Gasteiger partial charge < -0.3 is 0 Å². The van der Waals surface area contributed by atoms with Crippen LogP contribution in [0.15, 0.2) is 46.9 Å². The summed E-state index contributed by atoms with van der Waals surface area (Å²) in [5.74, 6) is -0.186. The van der Waals surface area contributed by atoms with Crippen molar-refractivity contribution in [3.63, 3.8) is 0 Å². The summed E-state index contributed by atoms with van der Waals surface area (Å²) in [7, 11) is 0. The van der Waals surface area contributed by atoms with E-state index in [1.54, 1.807) is 24.3 Å². The number of benzene rings is 2. The maximum atomic E-state index is 12.3. The minimum Gasteiger partial charge on any atom is -0.298 e. The smallest absolute Gasteiger partial charge is 0.257 e. The molecule has 25 heavy (non-hydrogen) atoms. The van der Waals surface area contributed by atoms with Gasteiger partial charge in [0.15, 0.2) is 5.13 Å². The van der Waals surface area contributed by atoms with Gasteiger partial charge in [0.2, 0.25) is 0 Å². The predicted octanol–water partition coefficient (Wildman–Crippen LogP) is 6.36. The van der Waals surface area contributed by atoms with Crippen LogP contribution < -0.4 is 5.32 Å². The number of rotatable bonds is 4. The van der Waals surface area contributed by atoms with E-state index in [4.69, 9.17) is 23.2 Å². The predicted molar refractivity (Wildman–Crippen MR) is 108 cm³/mol. The Bertz CT molecular complexity index is 925. The largest absolute Gasteiger partial charge is 0.298 e. The summed E-state index contributed by atoms with van der Waals surface area (Å²) in [5.41, 5.74) is 2.38. The van der Waals surface area contributed by atoms with Crippen LogP contribution in [0.1, 0.15) is 26.5 Å². The lowest BCUT2D eigenvalue weighted by atomic mass is 10.1. The molecule has 0 unspecified atom stereocenters. The quantitative estimate of drug-likeness (QED) is 0.496. The average Bonchev–Trinajstić information content (AvgIpc) is 2.91. The molecule has 128 valence electrons. The van der Waals surface area contributed by atoms with E-state index in [2.05, 4.69) is 26.2 Å². The fraction of sp³-hybridized carbons (Fsp3) is 0.111. The molecule has 3 nitrogen and oxygen atoms in total. The van der Waals surface area contributed by atoms with Crippen LogP contribution in [-0.4, -0.2) is 10.9 Å². The summed E-state index contributed by atoms with van der Waals surface area (Å²) in [5, 5.41) is 4.72. The van der Waals surface area contributed by atoms with Gasteiger partial charge in [-0.25, -0.2) is 4.98 Å². The van der Waals surface area contributed by atoms with Gasteiger partial charge in [0, 0.05) is 31.4 Å². The van der Waals surface area contributed by atoms with Crippen molar-refractivity contribution in [2.45, 2.75) is 13.3 Å². The first kappa shape index (κ1) is 18.4. The van der Waals surface area contributed by atoms with Crippen molar-refractivity contribution < 1.29 is 4.79 Å². The van der Waals surface area contributed by atoms with Crippen molar-refractivity contribution >= 4 is 61.5 Å². The van der Waals surface area contributed by atoms with Crippen LogP contribution in [0.25, 0.3) is 0 Å². The highest BCUT2D eigenvalue weighted by molar-refractivity contribution is 9.10. The monoisotopic (exact) mass is 454 g/mol. The highest BCUT2D eigenvalue weighted by atomic mass is 79.9. The third kappa shape index (κ3) is 4.61. The third-order valence-electron chi connectivity index (χ3n) is 3.58. The van der Waals surface area contributed by atoms with E-state index < -0.39 is 0 Å². The zero-order chi connectivity index (χ0) is 18.0. The van der Waals surface area contributed by atoms with Crippen molar-refractivity contribution in [3.05, 3.63) is 78.7 Å². The van der Waals surface area contributed by atoms with Crippen LogP contribution >= 0.6 is 50.5 Å². The molecule has 2 aromatic carbocycles. The molecule has 1 heterocycles. The molecule has 0 radical (unpaired) electrons. The van der Waals surface area contributed by atoms with E-state index >= 15 is 0 Å². The summed E-state index contributed by atoms with van der Waals surface area (Å²) in [6.07, 6.45) is 0.622. The first-order valence-electron chi connectivity index (χ1n) is 7.39. The number of anilines is 1. The Hall–Kier alpha value is -1.40. The second kappa shape index (κ2) is 7.87. The van der Waals surface area contributed by atoms with Crippen LogP contribution in [0, 0.1) is 6.92 Å². The molecule has 0 fully saturated rings. The number of nitrogens with zero attached hydrogens (tertiary/aromatic N) is 1. The molecule has 0 aliphatic carbocycles. The van der Waals surface area contributed by atoms with Crippen LogP contribution in [0.5, 0.6) is 0 Å². The first-order valence-corrected chi connectivity index (χ1v) is 9.76. The van der Waals surface area contributed by atoms with Gasteiger partial charge in [-0.1, -0.05) is 39.1 Å². The lowest BCUT2D eigenvalue weighted by Crippen LogP contribution is -2.11. The average molecular weight is 456 g/mol. The molecule has 3 aromatic rings. The van der Waals surface area contributed by atoms with Gasteiger partial charge in [-0.05, 0) is 55.0 Å². The molecule has 0 aliphatic heterocycles. The van der Waals surface area contributed by atoms with E-state index in [0.717, 1.165) is 20.6 Å². The SMILES string of the molecule is Cc1nc(NC(=O)c2ccc(Br)cc2)sc1Cc1cc(Cl)ccc1Cl. The Balaban J connectivity index is 1.77. The number of aromatic nitrogens is 1. The minimum atomic E-state index is -0.186. The van der Waals surface area contributed by atoms with E-state index in [1.807, 2.05) is 25.1 Å². The minimum absolute atomic E-state index is 0.186. The van der Waals surface area contributed by atoms with E-state index in [-0.39, 0.29) is 5.91 Å². The number of amides is 1. The zero-order valence-electron chi connectivity index (χ0n) is 13.1. The molecule has 0 saturated heterocycles. The topological polar surface area (TPSA) is 42.0 Å². The molecule has 7 heteroatoms. The van der Waals surface area contributed by atoms with Crippen molar-refractivity contribution in [1.82, 2.24) is 4.98 Å². The molecule has 0 spiro atoms. The van der Waals surface area contributed by atoms with Crippen molar-refractivity contribution in [3.8, 4) is 0 Å². The molecule has 3 rings (SSSR count). The summed E-state index contributed by atoms with van der Waals surface area (Å²) in [6, 6.07) is 12.6. The van der Waals surface area contributed by atoms with Crippen LogP contribution in [0.4, 0.5) is 5.13 Å². The Labute approximate surface area is 168 Å². The van der Waals surface area contributed by atoms with Crippen LogP contribution in [0.2, 0.25) is 10.0 Å². The molecule has 0 bridgehead atoms. The molecule has 0 atom stereocenters. The standard InChI is InChI=1S/C18H13BrCl2N2OS/c1-10-16(9-12-8-14(20)6-7-15(12)21)25-18(22-10)23-17(24)11-2-4-13(19)5-3-11/h2-8H,9H2,1H3,(H,22,23,24). The third-order valence-corrected chi connectivity index (χ3v) is 5.78. The van der Waals surface area contributed by atoms with Gasteiger partial charge in [0.1, 0.15) is 0 Å². The van der Waals surface area contributed by atoms with Gasteiger partial charge in [0.05, 0.1) is 5.69 Å². The van der Waals surface area contributed by atoms with Gasteiger partial charge in [-0.2, -0.15) is 0 Å².